The van der Waals surface area contributed by atoms with Crippen LogP contribution in [0.2, 0.25) is 0 Å². The first-order valence-electron chi connectivity index (χ1n) is 8.45. The maximum Gasteiger partial charge on any atom is 0.303 e. The number of allylic oxidation sites excluding steroid dienone is 3. The summed E-state index contributed by atoms with van der Waals surface area (Å²) in [6.07, 6.45) is 14.4. The van der Waals surface area contributed by atoms with Gasteiger partial charge in [-0.25, -0.2) is 0 Å². The van der Waals surface area contributed by atoms with Gasteiger partial charge in [-0.3, -0.25) is 4.79 Å². The van der Waals surface area contributed by atoms with Crippen LogP contribution in [0.15, 0.2) is 24.3 Å². The van der Waals surface area contributed by atoms with Crippen LogP contribution in [0, 0.1) is 0 Å². The molecule has 0 aromatic rings. The number of carboxylic acid groups (broad SMARTS) is 1. The minimum absolute atomic E-state index is 0.237. The average molecular weight is 312 g/mol. The average Bonchev–Trinajstić information content (AvgIpc) is 2.49. The Bertz CT molecular complexity index is 323. The summed E-state index contributed by atoms with van der Waals surface area (Å²) >= 11 is 0. The van der Waals surface area contributed by atoms with Crippen LogP contribution in [0.3, 0.4) is 0 Å². The van der Waals surface area contributed by atoms with E-state index in [1.807, 2.05) is 12.2 Å². The van der Waals surface area contributed by atoms with Crippen LogP contribution in [0.4, 0.5) is 0 Å². The summed E-state index contributed by atoms with van der Waals surface area (Å²) in [6, 6.07) is 0. The lowest BCUT2D eigenvalue weighted by atomic mass is 10.0. The molecular formula is C18H32O4. The van der Waals surface area contributed by atoms with E-state index in [4.69, 9.17) is 5.11 Å². The van der Waals surface area contributed by atoms with Gasteiger partial charge >= 0.3 is 5.97 Å². The SMILES string of the molecule is CC/C=C/C/C=C/CC(O)C(O)CCCCCCCC(=O)O. The zero-order valence-corrected chi connectivity index (χ0v) is 13.8. The van der Waals surface area contributed by atoms with Crippen molar-refractivity contribution in [1.29, 1.82) is 0 Å². The fourth-order valence-corrected chi connectivity index (χ4v) is 2.18. The third kappa shape index (κ3) is 13.8. The standard InChI is InChI=1S/C18H32O4/c1-2-3-4-5-7-10-13-16(19)17(20)14-11-8-6-9-12-15-18(21)22/h3-4,7,10,16-17,19-20H,2,5-6,8-9,11-15H2,1H3,(H,21,22)/b4-3+,10-7+. The Morgan fingerprint density at radius 3 is 2.23 bits per heavy atom. The van der Waals surface area contributed by atoms with Gasteiger partial charge in [0.1, 0.15) is 0 Å². The molecule has 0 fully saturated rings. The smallest absolute Gasteiger partial charge is 0.303 e. The highest BCUT2D eigenvalue weighted by atomic mass is 16.4. The lowest BCUT2D eigenvalue weighted by Crippen LogP contribution is -2.25. The van der Waals surface area contributed by atoms with Crippen LogP contribution in [0.25, 0.3) is 0 Å². The zero-order valence-electron chi connectivity index (χ0n) is 13.8. The maximum atomic E-state index is 10.3. The summed E-state index contributed by atoms with van der Waals surface area (Å²) in [6.45, 7) is 2.09. The number of aliphatic hydroxyl groups excluding tert-OH is 2. The van der Waals surface area contributed by atoms with Gasteiger partial charge < -0.3 is 15.3 Å². The number of aliphatic hydroxyl groups is 2. The number of hydrogen-bond donors (Lipinski definition) is 3. The molecule has 3 N–H and O–H groups in total. The van der Waals surface area contributed by atoms with E-state index in [0.717, 1.165) is 44.9 Å². The molecule has 0 aromatic heterocycles. The fourth-order valence-electron chi connectivity index (χ4n) is 2.18. The van der Waals surface area contributed by atoms with E-state index in [1.165, 1.54) is 0 Å². The van der Waals surface area contributed by atoms with Gasteiger partial charge in [0.15, 0.2) is 0 Å². The highest BCUT2D eigenvalue weighted by molar-refractivity contribution is 5.66. The predicted octanol–water partition coefficient (Wildman–Crippen LogP) is 3.83. The van der Waals surface area contributed by atoms with E-state index >= 15 is 0 Å². The van der Waals surface area contributed by atoms with Crippen LogP contribution in [-0.2, 0) is 4.79 Å². The van der Waals surface area contributed by atoms with Crippen molar-refractivity contribution in [1.82, 2.24) is 0 Å². The first-order valence-corrected chi connectivity index (χ1v) is 8.45. The molecule has 4 nitrogen and oxygen atoms in total. The molecule has 0 heterocycles. The van der Waals surface area contributed by atoms with Crippen LogP contribution >= 0.6 is 0 Å². The molecule has 128 valence electrons. The molecule has 0 radical (unpaired) electrons. The Morgan fingerprint density at radius 1 is 0.909 bits per heavy atom. The summed E-state index contributed by atoms with van der Waals surface area (Å²) in [7, 11) is 0. The van der Waals surface area contributed by atoms with Crippen molar-refractivity contribution in [2.24, 2.45) is 0 Å². The van der Waals surface area contributed by atoms with Crippen LogP contribution in [0.1, 0.15) is 71.1 Å². The number of aliphatic carboxylic acids is 1. The van der Waals surface area contributed by atoms with Gasteiger partial charge in [-0.05, 0) is 32.1 Å². The third-order valence-corrected chi connectivity index (χ3v) is 3.55. The summed E-state index contributed by atoms with van der Waals surface area (Å²) in [5.74, 6) is -0.739. The van der Waals surface area contributed by atoms with Crippen molar-refractivity contribution in [3.05, 3.63) is 24.3 Å². The minimum Gasteiger partial charge on any atom is -0.481 e. The number of unbranched alkanes of at least 4 members (excludes halogenated alkanes) is 4. The van der Waals surface area contributed by atoms with Crippen molar-refractivity contribution in [3.63, 3.8) is 0 Å². The van der Waals surface area contributed by atoms with Gasteiger partial charge in [-0.1, -0.05) is 56.9 Å². The van der Waals surface area contributed by atoms with E-state index in [1.54, 1.807) is 0 Å². The molecule has 0 aliphatic rings. The first-order chi connectivity index (χ1) is 10.6. The molecule has 0 aromatic carbocycles. The highest BCUT2D eigenvalue weighted by Crippen LogP contribution is 2.12. The maximum absolute atomic E-state index is 10.3. The van der Waals surface area contributed by atoms with Crippen molar-refractivity contribution in [2.45, 2.75) is 83.3 Å². The molecule has 2 atom stereocenters. The normalized spacial score (nSPS) is 14.7. The van der Waals surface area contributed by atoms with Gasteiger partial charge in [-0.15, -0.1) is 0 Å². The van der Waals surface area contributed by atoms with Crippen molar-refractivity contribution in [3.8, 4) is 0 Å². The molecule has 0 aliphatic carbocycles. The van der Waals surface area contributed by atoms with E-state index in [0.29, 0.717) is 12.8 Å². The third-order valence-electron chi connectivity index (χ3n) is 3.55. The quantitative estimate of drug-likeness (QED) is 0.336. The molecule has 0 saturated heterocycles. The highest BCUT2D eigenvalue weighted by Gasteiger charge is 2.13. The van der Waals surface area contributed by atoms with Crippen LogP contribution < -0.4 is 0 Å². The molecule has 0 bridgehead atoms. The topological polar surface area (TPSA) is 77.8 Å². The molecular weight excluding hydrogens is 280 g/mol. The second kappa shape index (κ2) is 14.8. The molecule has 0 rings (SSSR count). The largest absolute Gasteiger partial charge is 0.481 e. The molecule has 4 heteroatoms. The van der Waals surface area contributed by atoms with Gasteiger partial charge in [0.2, 0.25) is 0 Å². The summed E-state index contributed by atoms with van der Waals surface area (Å²) < 4.78 is 0. The van der Waals surface area contributed by atoms with Gasteiger partial charge in [-0.2, -0.15) is 0 Å². The summed E-state index contributed by atoms with van der Waals surface area (Å²) in [4.78, 5) is 10.3. The molecule has 0 amide bonds. The van der Waals surface area contributed by atoms with Gasteiger partial charge in [0.25, 0.3) is 0 Å². The zero-order chi connectivity index (χ0) is 16.6. The lowest BCUT2D eigenvalue weighted by Gasteiger charge is -2.16. The monoisotopic (exact) mass is 312 g/mol. The molecule has 0 spiro atoms. The van der Waals surface area contributed by atoms with Crippen molar-refractivity contribution in [2.75, 3.05) is 0 Å². The Balaban J connectivity index is 3.55. The van der Waals surface area contributed by atoms with Crippen molar-refractivity contribution < 1.29 is 20.1 Å². The fraction of sp³-hybridized carbons (Fsp3) is 0.722. The van der Waals surface area contributed by atoms with Gasteiger partial charge in [0, 0.05) is 6.42 Å². The lowest BCUT2D eigenvalue weighted by molar-refractivity contribution is -0.137. The first kappa shape index (κ1) is 20.9. The Hall–Kier alpha value is -1.13. The van der Waals surface area contributed by atoms with E-state index in [2.05, 4.69) is 19.1 Å². The van der Waals surface area contributed by atoms with E-state index in [9.17, 15) is 15.0 Å². The Morgan fingerprint density at radius 2 is 1.55 bits per heavy atom. The van der Waals surface area contributed by atoms with Crippen molar-refractivity contribution >= 4 is 5.97 Å². The second-order valence-electron chi connectivity index (χ2n) is 5.66. The van der Waals surface area contributed by atoms with Crippen LogP contribution in [-0.4, -0.2) is 33.5 Å². The summed E-state index contributed by atoms with van der Waals surface area (Å²) in [5, 5.41) is 28.2. The number of rotatable bonds is 14. The van der Waals surface area contributed by atoms with E-state index in [-0.39, 0.29) is 6.42 Å². The Labute approximate surface area is 134 Å². The summed E-state index contributed by atoms with van der Waals surface area (Å²) in [5.41, 5.74) is 0. The van der Waals surface area contributed by atoms with Gasteiger partial charge in [0.05, 0.1) is 12.2 Å². The minimum atomic E-state index is -0.739. The van der Waals surface area contributed by atoms with E-state index < -0.39 is 18.2 Å². The predicted molar refractivity (Wildman–Crippen MR) is 89.8 cm³/mol. The number of carboxylic acids is 1. The Kier molecular flexibility index (Phi) is 14.0. The molecule has 22 heavy (non-hydrogen) atoms. The molecule has 0 aliphatic heterocycles. The second-order valence-corrected chi connectivity index (χ2v) is 5.66. The molecule has 0 saturated carbocycles. The number of carbonyl (C=O) groups is 1. The van der Waals surface area contributed by atoms with Crippen LogP contribution in [0.5, 0.6) is 0 Å². The molecule has 2 unspecified atom stereocenters. The number of hydrogen-bond acceptors (Lipinski definition) is 3.